The number of benzene rings is 1. The van der Waals surface area contributed by atoms with Crippen LogP contribution in [0.15, 0.2) is 30.5 Å². The molecule has 9 heteroatoms. The van der Waals surface area contributed by atoms with Crippen LogP contribution < -0.4 is 15.4 Å². The van der Waals surface area contributed by atoms with Crippen LogP contribution in [0.4, 0.5) is 8.78 Å². The number of alkyl halides is 2. The monoisotopic (exact) mass is 365 g/mol. The van der Waals surface area contributed by atoms with Crippen molar-refractivity contribution in [3.63, 3.8) is 0 Å². The van der Waals surface area contributed by atoms with Crippen LogP contribution in [0, 0.1) is 5.92 Å². The van der Waals surface area contributed by atoms with Crippen LogP contribution in [0.25, 0.3) is 0 Å². The highest BCUT2D eigenvalue weighted by Gasteiger charge is 2.16. The Balaban J connectivity index is 1.52. The Bertz CT molecular complexity index is 731. The molecule has 1 fully saturated rings. The van der Waals surface area contributed by atoms with Crippen molar-refractivity contribution in [3.8, 4) is 5.75 Å². The summed E-state index contributed by atoms with van der Waals surface area (Å²) in [6.07, 6.45) is 3.90. The van der Waals surface area contributed by atoms with Crippen LogP contribution in [0.5, 0.6) is 5.75 Å². The summed E-state index contributed by atoms with van der Waals surface area (Å²) in [6, 6.07) is 6.20. The molecule has 1 aliphatic rings. The minimum absolute atomic E-state index is 0.0544. The van der Waals surface area contributed by atoms with E-state index >= 15 is 0 Å². The van der Waals surface area contributed by atoms with E-state index in [9.17, 15) is 13.6 Å². The molecule has 2 heterocycles. The van der Waals surface area contributed by atoms with Gasteiger partial charge in [0, 0.05) is 13.1 Å². The highest BCUT2D eigenvalue weighted by Crippen LogP contribution is 2.16. The Hall–Kier alpha value is -2.55. The normalized spacial score (nSPS) is 17.3. The first-order valence-electron chi connectivity index (χ1n) is 8.53. The van der Waals surface area contributed by atoms with Crippen molar-refractivity contribution in [3.05, 3.63) is 41.7 Å². The average Bonchev–Trinajstić information content (AvgIpc) is 3.09. The zero-order valence-corrected chi connectivity index (χ0v) is 14.2. The second kappa shape index (κ2) is 8.70. The Labute approximate surface area is 149 Å². The number of carbonyl (C=O) groups excluding carboxylic acids is 1. The number of hydrogen-bond donors (Lipinski definition) is 2. The smallest absolute Gasteiger partial charge is 0.387 e. The zero-order chi connectivity index (χ0) is 18.4. The molecule has 26 heavy (non-hydrogen) atoms. The average molecular weight is 365 g/mol. The molecule has 0 bridgehead atoms. The van der Waals surface area contributed by atoms with E-state index in [1.165, 1.54) is 12.1 Å². The largest absolute Gasteiger partial charge is 0.435 e. The van der Waals surface area contributed by atoms with Crippen molar-refractivity contribution in [2.45, 2.75) is 32.5 Å². The molecule has 1 aromatic carbocycles. The molecule has 1 aliphatic heterocycles. The second-order valence-electron chi connectivity index (χ2n) is 6.25. The predicted octanol–water partition coefficient (Wildman–Crippen LogP) is 1.81. The highest BCUT2D eigenvalue weighted by atomic mass is 19.3. The number of ether oxygens (including phenoxy) is 1. The van der Waals surface area contributed by atoms with Crippen LogP contribution >= 0.6 is 0 Å². The number of halogens is 2. The van der Waals surface area contributed by atoms with Gasteiger partial charge in [-0.3, -0.25) is 9.48 Å². The summed E-state index contributed by atoms with van der Waals surface area (Å²) in [6.45, 7) is 0.0110. The quantitative estimate of drug-likeness (QED) is 0.782. The van der Waals surface area contributed by atoms with E-state index in [1.807, 2.05) is 0 Å². The fraction of sp³-hybridized carbons (Fsp3) is 0.471. The molecule has 7 nitrogen and oxygen atoms in total. The first kappa shape index (κ1) is 18.2. The number of hydrogen-bond acceptors (Lipinski definition) is 5. The molecule has 1 unspecified atom stereocenters. The van der Waals surface area contributed by atoms with Gasteiger partial charge in [0.2, 0.25) is 0 Å². The van der Waals surface area contributed by atoms with Gasteiger partial charge in [-0.25, -0.2) is 0 Å². The number of amides is 1. The summed E-state index contributed by atoms with van der Waals surface area (Å²) < 4.78 is 30.5. The van der Waals surface area contributed by atoms with Crippen molar-refractivity contribution in [1.82, 2.24) is 25.6 Å². The SMILES string of the molecule is O=C(NCc1cccc(OC(F)F)c1)c1cn(CC2CCCNC2)nn1. The summed E-state index contributed by atoms with van der Waals surface area (Å²) in [5, 5.41) is 14.0. The molecule has 2 aromatic rings. The summed E-state index contributed by atoms with van der Waals surface area (Å²) >= 11 is 0. The van der Waals surface area contributed by atoms with Crippen LogP contribution in [0.3, 0.4) is 0 Å². The Morgan fingerprint density at radius 1 is 1.46 bits per heavy atom. The third kappa shape index (κ3) is 5.22. The van der Waals surface area contributed by atoms with E-state index in [-0.39, 0.29) is 23.9 Å². The second-order valence-corrected chi connectivity index (χ2v) is 6.25. The molecular weight excluding hydrogens is 344 g/mol. The first-order chi connectivity index (χ1) is 12.6. The minimum atomic E-state index is -2.88. The third-order valence-electron chi connectivity index (χ3n) is 4.19. The van der Waals surface area contributed by atoms with E-state index in [1.54, 1.807) is 23.0 Å². The molecule has 140 valence electrons. The van der Waals surface area contributed by atoms with Gasteiger partial charge in [-0.05, 0) is 49.5 Å². The van der Waals surface area contributed by atoms with Gasteiger partial charge < -0.3 is 15.4 Å². The molecule has 1 atom stereocenters. The molecule has 1 saturated heterocycles. The maximum Gasteiger partial charge on any atom is 0.387 e. The molecule has 0 radical (unpaired) electrons. The molecule has 0 saturated carbocycles. The fourth-order valence-corrected chi connectivity index (χ4v) is 2.94. The minimum Gasteiger partial charge on any atom is -0.435 e. The summed E-state index contributed by atoms with van der Waals surface area (Å²) in [5.41, 5.74) is 0.880. The van der Waals surface area contributed by atoms with Gasteiger partial charge in [0.05, 0.1) is 6.20 Å². The lowest BCUT2D eigenvalue weighted by Crippen LogP contribution is -2.32. The lowest BCUT2D eigenvalue weighted by atomic mass is 10.00. The lowest BCUT2D eigenvalue weighted by molar-refractivity contribution is -0.0498. The molecule has 0 aliphatic carbocycles. The standard InChI is InChI=1S/C17H21F2N5O2/c18-17(19)26-14-5-1-3-12(7-14)9-21-16(25)15-11-24(23-22-15)10-13-4-2-6-20-8-13/h1,3,5,7,11,13,17,20H,2,4,6,8-10H2,(H,21,25). The fourth-order valence-electron chi connectivity index (χ4n) is 2.94. The first-order valence-corrected chi connectivity index (χ1v) is 8.53. The molecular formula is C17H21F2N5O2. The number of nitrogens with zero attached hydrogens (tertiary/aromatic N) is 3. The maximum atomic E-state index is 12.2. The number of rotatable bonds is 7. The van der Waals surface area contributed by atoms with Crippen LogP contribution in [0.2, 0.25) is 0 Å². The third-order valence-corrected chi connectivity index (χ3v) is 4.19. The number of carbonyl (C=O) groups is 1. The van der Waals surface area contributed by atoms with Gasteiger partial charge in [-0.1, -0.05) is 17.3 Å². The van der Waals surface area contributed by atoms with E-state index in [0.717, 1.165) is 32.5 Å². The van der Waals surface area contributed by atoms with Crippen molar-refractivity contribution >= 4 is 5.91 Å². The van der Waals surface area contributed by atoms with Crippen molar-refractivity contribution < 1.29 is 18.3 Å². The summed E-state index contributed by atoms with van der Waals surface area (Å²) in [7, 11) is 0. The summed E-state index contributed by atoms with van der Waals surface area (Å²) in [5.74, 6) is 0.177. The van der Waals surface area contributed by atoms with Crippen molar-refractivity contribution in [1.29, 1.82) is 0 Å². The maximum absolute atomic E-state index is 12.2. The highest BCUT2D eigenvalue weighted by molar-refractivity contribution is 5.91. The van der Waals surface area contributed by atoms with Gasteiger partial charge in [0.15, 0.2) is 5.69 Å². The molecule has 1 aromatic heterocycles. The number of nitrogens with one attached hydrogen (secondary N) is 2. The van der Waals surface area contributed by atoms with E-state index < -0.39 is 6.61 Å². The zero-order valence-electron chi connectivity index (χ0n) is 14.2. The van der Waals surface area contributed by atoms with Crippen molar-refractivity contribution in [2.24, 2.45) is 5.92 Å². The van der Waals surface area contributed by atoms with Crippen molar-refractivity contribution in [2.75, 3.05) is 13.1 Å². The van der Waals surface area contributed by atoms with Crippen LogP contribution in [-0.2, 0) is 13.1 Å². The van der Waals surface area contributed by atoms with Gasteiger partial charge >= 0.3 is 6.61 Å². The van der Waals surface area contributed by atoms with E-state index in [0.29, 0.717) is 11.5 Å². The lowest BCUT2D eigenvalue weighted by Gasteiger charge is -2.22. The number of piperidine rings is 1. The summed E-state index contributed by atoms with van der Waals surface area (Å²) in [4.78, 5) is 12.2. The molecule has 2 N–H and O–H groups in total. The van der Waals surface area contributed by atoms with Gasteiger partial charge in [0.25, 0.3) is 5.91 Å². The molecule has 3 rings (SSSR count). The van der Waals surface area contributed by atoms with Crippen LogP contribution in [-0.4, -0.2) is 40.6 Å². The van der Waals surface area contributed by atoms with Gasteiger partial charge in [-0.15, -0.1) is 5.10 Å². The van der Waals surface area contributed by atoms with Crippen LogP contribution in [0.1, 0.15) is 28.9 Å². The molecule has 0 spiro atoms. The Kier molecular flexibility index (Phi) is 6.11. The molecule has 1 amide bonds. The van der Waals surface area contributed by atoms with Gasteiger partial charge in [0.1, 0.15) is 5.75 Å². The number of aromatic nitrogens is 3. The Morgan fingerprint density at radius 2 is 2.35 bits per heavy atom. The topological polar surface area (TPSA) is 81.1 Å². The van der Waals surface area contributed by atoms with E-state index in [2.05, 4.69) is 25.7 Å². The Morgan fingerprint density at radius 3 is 3.12 bits per heavy atom. The van der Waals surface area contributed by atoms with E-state index in [4.69, 9.17) is 0 Å². The van der Waals surface area contributed by atoms with Gasteiger partial charge in [-0.2, -0.15) is 8.78 Å². The predicted molar refractivity (Wildman–Crippen MR) is 89.9 cm³/mol.